The Balaban J connectivity index is 1.69. The zero-order valence-electron chi connectivity index (χ0n) is 12.4. The van der Waals surface area contributed by atoms with E-state index in [1.807, 2.05) is 6.07 Å². The van der Waals surface area contributed by atoms with E-state index in [4.69, 9.17) is 4.98 Å². The molecule has 1 fully saturated rings. The molecule has 20 heavy (non-hydrogen) atoms. The van der Waals surface area contributed by atoms with Crippen molar-refractivity contribution in [3.8, 4) is 0 Å². The number of piperidine rings is 1. The first kappa shape index (κ1) is 13.4. The number of nitrogens with one attached hydrogen (secondary N) is 1. The van der Waals surface area contributed by atoms with Crippen molar-refractivity contribution in [1.29, 1.82) is 0 Å². The zero-order valence-corrected chi connectivity index (χ0v) is 12.4. The quantitative estimate of drug-likeness (QED) is 0.926. The molecule has 1 aromatic carbocycles. The maximum absolute atomic E-state index is 4.75. The Hall–Kier alpha value is -1.61. The SMILES string of the molecule is Cc1cc2ccccc2nc1NCC1CCN(C)CC1. The van der Waals surface area contributed by atoms with Gasteiger partial charge in [0, 0.05) is 11.9 Å². The van der Waals surface area contributed by atoms with Gasteiger partial charge in [0.1, 0.15) is 5.82 Å². The molecule has 3 heteroatoms. The van der Waals surface area contributed by atoms with Gasteiger partial charge in [-0.1, -0.05) is 18.2 Å². The topological polar surface area (TPSA) is 28.2 Å². The van der Waals surface area contributed by atoms with Gasteiger partial charge in [-0.3, -0.25) is 0 Å². The van der Waals surface area contributed by atoms with Crippen molar-refractivity contribution in [2.24, 2.45) is 5.92 Å². The van der Waals surface area contributed by atoms with Crippen LogP contribution in [0.3, 0.4) is 0 Å². The molecule has 1 aliphatic rings. The number of nitrogens with zero attached hydrogens (tertiary/aromatic N) is 2. The van der Waals surface area contributed by atoms with Gasteiger partial charge < -0.3 is 10.2 Å². The number of aromatic nitrogens is 1. The summed E-state index contributed by atoms with van der Waals surface area (Å²) in [4.78, 5) is 7.17. The molecule has 0 aliphatic carbocycles. The van der Waals surface area contributed by atoms with Crippen molar-refractivity contribution in [3.05, 3.63) is 35.9 Å². The molecule has 2 heterocycles. The fourth-order valence-corrected chi connectivity index (χ4v) is 2.91. The van der Waals surface area contributed by atoms with Gasteiger partial charge in [-0.05, 0) is 63.5 Å². The van der Waals surface area contributed by atoms with E-state index in [0.29, 0.717) is 0 Å². The highest BCUT2D eigenvalue weighted by Gasteiger charge is 2.16. The molecule has 0 spiro atoms. The van der Waals surface area contributed by atoms with E-state index in [0.717, 1.165) is 23.8 Å². The number of aryl methyl sites for hydroxylation is 1. The lowest BCUT2D eigenvalue weighted by atomic mass is 9.97. The number of para-hydroxylation sites is 1. The van der Waals surface area contributed by atoms with E-state index in [1.54, 1.807) is 0 Å². The predicted molar refractivity (Wildman–Crippen MR) is 85.2 cm³/mol. The molecular formula is C17H23N3. The minimum absolute atomic E-state index is 0.777. The van der Waals surface area contributed by atoms with Crippen LogP contribution in [0.2, 0.25) is 0 Å². The number of pyridine rings is 1. The lowest BCUT2D eigenvalue weighted by Crippen LogP contribution is -2.33. The fourth-order valence-electron chi connectivity index (χ4n) is 2.91. The minimum Gasteiger partial charge on any atom is -0.370 e. The predicted octanol–water partition coefficient (Wildman–Crippen LogP) is 3.30. The molecule has 0 amide bonds. The first-order valence-corrected chi connectivity index (χ1v) is 7.51. The van der Waals surface area contributed by atoms with Crippen LogP contribution in [0.25, 0.3) is 10.9 Å². The zero-order chi connectivity index (χ0) is 13.9. The van der Waals surface area contributed by atoms with Crippen molar-refractivity contribution in [3.63, 3.8) is 0 Å². The Labute approximate surface area is 121 Å². The summed E-state index contributed by atoms with van der Waals surface area (Å²) in [5.41, 5.74) is 2.31. The molecule has 0 atom stereocenters. The molecule has 1 N–H and O–H groups in total. The van der Waals surface area contributed by atoms with Crippen LogP contribution in [-0.2, 0) is 0 Å². The Morgan fingerprint density at radius 3 is 2.80 bits per heavy atom. The normalized spacial score (nSPS) is 17.5. The van der Waals surface area contributed by atoms with Gasteiger partial charge >= 0.3 is 0 Å². The van der Waals surface area contributed by atoms with E-state index in [-0.39, 0.29) is 0 Å². The summed E-state index contributed by atoms with van der Waals surface area (Å²) >= 11 is 0. The van der Waals surface area contributed by atoms with Gasteiger partial charge in [-0.15, -0.1) is 0 Å². The lowest BCUT2D eigenvalue weighted by Gasteiger charge is -2.29. The van der Waals surface area contributed by atoms with E-state index < -0.39 is 0 Å². The minimum atomic E-state index is 0.777. The van der Waals surface area contributed by atoms with Crippen LogP contribution < -0.4 is 5.32 Å². The molecule has 0 unspecified atom stereocenters. The third kappa shape index (κ3) is 2.93. The van der Waals surface area contributed by atoms with Crippen LogP contribution in [0, 0.1) is 12.8 Å². The van der Waals surface area contributed by atoms with E-state index >= 15 is 0 Å². The molecule has 1 aromatic heterocycles. The molecule has 1 saturated heterocycles. The van der Waals surface area contributed by atoms with E-state index in [2.05, 4.69) is 48.5 Å². The van der Waals surface area contributed by atoms with Gasteiger partial charge in [0.15, 0.2) is 0 Å². The standard InChI is InChI=1S/C17H23N3/c1-13-11-15-5-3-4-6-16(15)19-17(13)18-12-14-7-9-20(2)10-8-14/h3-6,11,14H,7-10,12H2,1-2H3,(H,18,19). The molecule has 0 bridgehead atoms. The van der Waals surface area contributed by atoms with Crippen LogP contribution >= 0.6 is 0 Å². The third-order valence-electron chi connectivity index (χ3n) is 4.31. The van der Waals surface area contributed by atoms with Crippen LogP contribution in [0.1, 0.15) is 18.4 Å². The summed E-state index contributed by atoms with van der Waals surface area (Å²) in [5, 5.41) is 4.78. The summed E-state index contributed by atoms with van der Waals surface area (Å²) in [6, 6.07) is 10.5. The highest BCUT2D eigenvalue weighted by molar-refractivity contribution is 5.81. The monoisotopic (exact) mass is 269 g/mol. The average molecular weight is 269 g/mol. The molecule has 3 nitrogen and oxygen atoms in total. The second-order valence-electron chi connectivity index (χ2n) is 5.97. The second-order valence-corrected chi connectivity index (χ2v) is 5.97. The van der Waals surface area contributed by atoms with Crippen molar-refractivity contribution >= 4 is 16.7 Å². The summed E-state index contributed by atoms with van der Waals surface area (Å²) in [7, 11) is 2.21. The number of benzene rings is 1. The summed E-state index contributed by atoms with van der Waals surface area (Å²) in [6.07, 6.45) is 2.58. The molecule has 0 radical (unpaired) electrons. The van der Waals surface area contributed by atoms with Gasteiger partial charge in [0.05, 0.1) is 5.52 Å². The van der Waals surface area contributed by atoms with Crippen molar-refractivity contribution in [2.45, 2.75) is 19.8 Å². The maximum Gasteiger partial charge on any atom is 0.129 e. The van der Waals surface area contributed by atoms with Crippen LogP contribution in [0.15, 0.2) is 30.3 Å². The third-order valence-corrected chi connectivity index (χ3v) is 4.31. The maximum atomic E-state index is 4.75. The Morgan fingerprint density at radius 1 is 1.25 bits per heavy atom. The first-order chi connectivity index (χ1) is 9.72. The fraction of sp³-hybridized carbons (Fsp3) is 0.471. The first-order valence-electron chi connectivity index (χ1n) is 7.51. The van der Waals surface area contributed by atoms with Crippen LogP contribution in [-0.4, -0.2) is 36.6 Å². The smallest absolute Gasteiger partial charge is 0.129 e. The number of hydrogen-bond acceptors (Lipinski definition) is 3. The Bertz CT molecular complexity index is 586. The van der Waals surface area contributed by atoms with Crippen molar-refractivity contribution < 1.29 is 0 Å². The summed E-state index contributed by atoms with van der Waals surface area (Å²) in [6.45, 7) is 5.61. The van der Waals surface area contributed by atoms with Gasteiger partial charge in [0.2, 0.25) is 0 Å². The van der Waals surface area contributed by atoms with Gasteiger partial charge in [-0.25, -0.2) is 4.98 Å². The molecule has 1 aliphatic heterocycles. The molecule has 2 aromatic rings. The number of rotatable bonds is 3. The molecule has 0 saturated carbocycles. The average Bonchev–Trinajstić information content (AvgIpc) is 2.47. The van der Waals surface area contributed by atoms with Gasteiger partial charge in [0.25, 0.3) is 0 Å². The Kier molecular flexibility index (Phi) is 3.88. The van der Waals surface area contributed by atoms with Crippen LogP contribution in [0.5, 0.6) is 0 Å². The summed E-state index contributed by atoms with van der Waals surface area (Å²) in [5.74, 6) is 1.82. The number of likely N-dealkylation sites (tertiary alicyclic amines) is 1. The van der Waals surface area contributed by atoms with Gasteiger partial charge in [-0.2, -0.15) is 0 Å². The number of hydrogen-bond donors (Lipinski definition) is 1. The Morgan fingerprint density at radius 2 is 2.00 bits per heavy atom. The second kappa shape index (κ2) is 5.80. The van der Waals surface area contributed by atoms with E-state index in [9.17, 15) is 0 Å². The molecular weight excluding hydrogens is 246 g/mol. The number of anilines is 1. The van der Waals surface area contributed by atoms with Crippen LogP contribution in [0.4, 0.5) is 5.82 Å². The number of fused-ring (bicyclic) bond motifs is 1. The molecule has 106 valence electrons. The summed E-state index contributed by atoms with van der Waals surface area (Å²) < 4.78 is 0. The molecule has 3 rings (SSSR count). The lowest BCUT2D eigenvalue weighted by molar-refractivity contribution is 0.226. The van der Waals surface area contributed by atoms with Crippen molar-refractivity contribution in [2.75, 3.05) is 32.0 Å². The van der Waals surface area contributed by atoms with E-state index in [1.165, 1.54) is 36.9 Å². The highest BCUT2D eigenvalue weighted by Crippen LogP contribution is 2.21. The largest absolute Gasteiger partial charge is 0.370 e. The van der Waals surface area contributed by atoms with Crippen molar-refractivity contribution in [1.82, 2.24) is 9.88 Å². The highest BCUT2D eigenvalue weighted by atomic mass is 15.1.